The molecule has 4 aromatic rings. The van der Waals surface area contributed by atoms with Gasteiger partial charge in [0.1, 0.15) is 19.9 Å². The first-order chi connectivity index (χ1) is 29.2. The molecule has 0 aromatic carbocycles. The van der Waals surface area contributed by atoms with E-state index in [0.29, 0.717) is 54.6 Å². The first-order valence-electron chi connectivity index (χ1n) is 22.8. The molecule has 6 heterocycles. The number of ether oxygens (including phenoxy) is 5. The van der Waals surface area contributed by atoms with Crippen molar-refractivity contribution in [1.82, 2.24) is 39.2 Å². The number of halogens is 1. The van der Waals surface area contributed by atoms with Crippen LogP contribution in [0.4, 0.5) is 0 Å². The van der Waals surface area contributed by atoms with E-state index in [-0.39, 0.29) is 24.2 Å². The fourth-order valence-corrected chi connectivity index (χ4v) is 15.7. The predicted molar refractivity (Wildman–Crippen MR) is 250 cm³/mol. The van der Waals surface area contributed by atoms with Gasteiger partial charge in [0, 0.05) is 38.7 Å². The largest absolute Gasteiger partial charge is 0.476 e. The minimum Gasteiger partial charge on any atom is -0.476 e. The fraction of sp³-hybridized carbons (Fsp3) is 0.696. The van der Waals surface area contributed by atoms with Gasteiger partial charge in [-0.3, -0.25) is 14.6 Å². The van der Waals surface area contributed by atoms with E-state index in [1.54, 1.807) is 0 Å². The molecular formula is C46H69IN8O5Si. The Morgan fingerprint density at radius 1 is 0.984 bits per heavy atom. The Balaban J connectivity index is 1.14. The van der Waals surface area contributed by atoms with Gasteiger partial charge in [-0.2, -0.15) is 10.2 Å². The summed E-state index contributed by atoms with van der Waals surface area (Å²) in [6.07, 6.45) is 9.80. The van der Waals surface area contributed by atoms with Crippen LogP contribution < -0.4 is 9.47 Å². The normalized spacial score (nSPS) is 19.9. The van der Waals surface area contributed by atoms with Crippen LogP contribution in [-0.2, 0) is 34.3 Å². The Morgan fingerprint density at radius 3 is 2.31 bits per heavy atom. The summed E-state index contributed by atoms with van der Waals surface area (Å²) >= 11 is 2.39. The van der Waals surface area contributed by atoms with Gasteiger partial charge >= 0.3 is 0 Å². The second kappa shape index (κ2) is 19.4. The molecule has 3 aliphatic rings. The molecule has 61 heavy (non-hydrogen) atoms. The number of fused-ring (bicyclic) bond motifs is 1. The quantitative estimate of drug-likeness (QED) is 0.0576. The van der Waals surface area contributed by atoms with Gasteiger partial charge in [-0.1, -0.05) is 47.5 Å². The van der Waals surface area contributed by atoms with E-state index in [9.17, 15) is 0 Å². The monoisotopic (exact) mass is 968 g/mol. The second-order valence-electron chi connectivity index (χ2n) is 18.6. The van der Waals surface area contributed by atoms with Crippen LogP contribution in [0.15, 0.2) is 12.3 Å². The Hall–Kier alpha value is -3.01. The summed E-state index contributed by atoms with van der Waals surface area (Å²) in [7, 11) is 2.05. The minimum atomic E-state index is -2.02. The molecule has 3 atom stereocenters. The third-order valence-corrected chi connectivity index (χ3v) is 20.4. The summed E-state index contributed by atoms with van der Waals surface area (Å²) in [4.78, 5) is 7.35. The third-order valence-electron chi connectivity index (χ3n) is 13.0. The van der Waals surface area contributed by atoms with E-state index < -0.39 is 8.07 Å². The molecule has 13 nitrogen and oxygen atoms in total. The van der Waals surface area contributed by atoms with Crippen molar-refractivity contribution in [3.8, 4) is 34.5 Å². The number of aryl methyl sites for hydroxylation is 2. The zero-order valence-electron chi connectivity index (χ0n) is 38.5. The summed E-state index contributed by atoms with van der Waals surface area (Å²) in [6.45, 7) is 24.3. The van der Waals surface area contributed by atoms with Gasteiger partial charge in [-0.15, -0.1) is 10.6 Å². The van der Waals surface area contributed by atoms with Crippen LogP contribution in [0, 0.1) is 22.0 Å². The van der Waals surface area contributed by atoms with Gasteiger partial charge in [0.05, 0.1) is 56.7 Å². The zero-order chi connectivity index (χ0) is 43.6. The lowest BCUT2D eigenvalue weighted by molar-refractivity contribution is -0.200. The molecule has 0 radical (unpaired) electrons. The minimum absolute atomic E-state index is 0.130. The van der Waals surface area contributed by atoms with E-state index in [4.69, 9.17) is 44.0 Å². The SMILES string of the molecule is CCOc1nn(CC2(OC3CCCCO3)CC2)c(CN(C)C[C@H](C)Oc2c(-c3cc4c(C#C[Si](C(C)C)(C(C)C)C(C)C)nn(C5CCCCO5)c4cn3)c(C)nn2C)c1I. The molecule has 2 unspecified atom stereocenters. The first-order valence-corrected chi connectivity index (χ1v) is 26.1. The summed E-state index contributed by atoms with van der Waals surface area (Å²) < 4.78 is 38.6. The smallest absolute Gasteiger partial charge is 0.246 e. The Bertz CT molecular complexity index is 2170. The highest BCUT2D eigenvalue weighted by molar-refractivity contribution is 14.1. The number of nitrogens with zero attached hydrogens (tertiary/aromatic N) is 8. The molecule has 15 heteroatoms. The highest BCUT2D eigenvalue weighted by Crippen LogP contribution is 2.45. The maximum absolute atomic E-state index is 6.83. The van der Waals surface area contributed by atoms with Crippen LogP contribution in [0.2, 0.25) is 16.6 Å². The molecule has 334 valence electrons. The number of likely N-dealkylation sites (N-methyl/N-ethyl adjacent to an activating group) is 1. The van der Waals surface area contributed by atoms with Gasteiger partial charge < -0.3 is 23.7 Å². The Labute approximate surface area is 378 Å². The molecule has 1 aliphatic carbocycles. The number of pyridine rings is 1. The zero-order valence-corrected chi connectivity index (χ0v) is 41.7. The molecule has 0 N–H and O–H groups in total. The lowest BCUT2D eigenvalue weighted by Gasteiger charge is -2.38. The molecule has 2 aliphatic heterocycles. The van der Waals surface area contributed by atoms with Gasteiger partial charge in [-0.25, -0.2) is 9.36 Å². The van der Waals surface area contributed by atoms with Crippen molar-refractivity contribution in [1.29, 1.82) is 0 Å². The maximum Gasteiger partial charge on any atom is 0.246 e. The van der Waals surface area contributed by atoms with Crippen molar-refractivity contribution in [2.45, 2.75) is 168 Å². The molecule has 2 saturated heterocycles. The standard InChI is InChI=1S/C46H69IN8O5Si/c1-12-56-44-43(47)39(54(51-44)29-46(20-21-46)60-41-18-14-16-23-58-41)28-52(10)27-33(8)59-45-42(34(9)49-53(45)11)37-25-35-36(19-24-61(30(2)3,31(4)5)32(6)7)50-55(38(35)26-48-37)40-17-13-15-22-57-40/h25-26,30-33,40-41H,12-18,20-23,27-29H2,1-11H3/t33-,40?,41?/m0/s1. The number of rotatable bonds is 17. The third kappa shape index (κ3) is 9.89. The lowest BCUT2D eigenvalue weighted by Crippen LogP contribution is -2.43. The average Bonchev–Trinajstić information content (AvgIpc) is 3.67. The molecule has 4 aromatic heterocycles. The summed E-state index contributed by atoms with van der Waals surface area (Å²) in [5, 5.41) is 16.0. The Morgan fingerprint density at radius 2 is 1.69 bits per heavy atom. The first kappa shape index (κ1) is 46.0. The molecule has 3 fully saturated rings. The van der Waals surface area contributed by atoms with Crippen molar-refractivity contribution >= 4 is 41.6 Å². The van der Waals surface area contributed by atoms with Gasteiger partial charge in [-0.05, 0) is 124 Å². The van der Waals surface area contributed by atoms with E-state index in [1.807, 2.05) is 36.5 Å². The van der Waals surface area contributed by atoms with Crippen LogP contribution in [0.25, 0.3) is 22.2 Å². The molecule has 7 rings (SSSR count). The van der Waals surface area contributed by atoms with E-state index in [2.05, 4.69) is 105 Å². The van der Waals surface area contributed by atoms with Crippen LogP contribution in [-0.4, -0.2) is 98.7 Å². The van der Waals surface area contributed by atoms with Crippen LogP contribution in [0.3, 0.4) is 0 Å². The molecule has 0 bridgehead atoms. The number of aromatic nitrogens is 7. The summed E-state index contributed by atoms with van der Waals surface area (Å²) in [5.74, 6) is 5.04. The highest BCUT2D eigenvalue weighted by Gasteiger charge is 2.48. The van der Waals surface area contributed by atoms with Crippen molar-refractivity contribution in [2.24, 2.45) is 7.05 Å². The molecule has 0 spiro atoms. The van der Waals surface area contributed by atoms with Crippen molar-refractivity contribution in [2.75, 3.05) is 33.4 Å². The van der Waals surface area contributed by atoms with Crippen molar-refractivity contribution < 1.29 is 23.7 Å². The molecular weight excluding hydrogens is 900 g/mol. The van der Waals surface area contributed by atoms with E-state index in [0.717, 1.165) is 107 Å². The summed E-state index contributed by atoms with van der Waals surface area (Å²) in [5.41, 5.74) is 10.6. The fourth-order valence-electron chi connectivity index (χ4n) is 9.83. The van der Waals surface area contributed by atoms with Crippen LogP contribution in [0.1, 0.15) is 130 Å². The second-order valence-corrected chi connectivity index (χ2v) is 25.3. The summed E-state index contributed by atoms with van der Waals surface area (Å²) in [6, 6.07) is 2.14. The molecule has 1 saturated carbocycles. The van der Waals surface area contributed by atoms with Gasteiger partial charge in [0.25, 0.3) is 0 Å². The van der Waals surface area contributed by atoms with Crippen molar-refractivity contribution in [3.05, 3.63) is 32.9 Å². The van der Waals surface area contributed by atoms with Gasteiger partial charge in [0.15, 0.2) is 12.5 Å². The van der Waals surface area contributed by atoms with E-state index >= 15 is 0 Å². The average molecular weight is 969 g/mol. The van der Waals surface area contributed by atoms with Gasteiger partial charge in [0.2, 0.25) is 11.8 Å². The maximum atomic E-state index is 6.83. The van der Waals surface area contributed by atoms with Crippen LogP contribution >= 0.6 is 22.6 Å². The molecule has 0 amide bonds. The number of hydrogen-bond donors (Lipinski definition) is 0. The van der Waals surface area contributed by atoms with Crippen LogP contribution in [0.5, 0.6) is 11.8 Å². The van der Waals surface area contributed by atoms with Crippen molar-refractivity contribution in [3.63, 3.8) is 0 Å². The predicted octanol–water partition coefficient (Wildman–Crippen LogP) is 9.58. The number of hydrogen-bond acceptors (Lipinski definition) is 10. The lowest BCUT2D eigenvalue weighted by atomic mass is 10.1. The highest BCUT2D eigenvalue weighted by atomic mass is 127. The van der Waals surface area contributed by atoms with E-state index in [1.165, 1.54) is 0 Å². The Kier molecular flexibility index (Phi) is 14.6. The topological polar surface area (TPSA) is 116 Å².